The third-order valence-electron chi connectivity index (χ3n) is 3.82. The van der Waals surface area contributed by atoms with Crippen molar-refractivity contribution >= 4 is 11.9 Å². The van der Waals surface area contributed by atoms with Crippen molar-refractivity contribution in [3.63, 3.8) is 0 Å². The molecule has 1 aliphatic heterocycles. The van der Waals surface area contributed by atoms with Crippen molar-refractivity contribution in [2.24, 2.45) is 0 Å². The molecule has 1 atom stereocenters. The third kappa shape index (κ3) is 4.29. The molecule has 1 aliphatic rings. The van der Waals surface area contributed by atoms with Crippen molar-refractivity contribution in [2.75, 3.05) is 26.2 Å². The van der Waals surface area contributed by atoms with Gasteiger partial charge in [-0.25, -0.2) is 0 Å². The van der Waals surface area contributed by atoms with Crippen LogP contribution in [0, 0.1) is 0 Å². The van der Waals surface area contributed by atoms with E-state index in [0.29, 0.717) is 13.2 Å². The van der Waals surface area contributed by atoms with E-state index in [4.69, 9.17) is 9.84 Å². The van der Waals surface area contributed by atoms with E-state index in [1.807, 2.05) is 49.1 Å². The van der Waals surface area contributed by atoms with Crippen LogP contribution in [0.5, 0.6) is 0 Å². The standard InChI is InChI=1S/C16H22N2O4/c1-16(2)11-22-13(12-6-4-3-5-7-12)9-18(16)10-14(19)17-8-15(20)21/h3-7,13H,8-11H2,1-2H3,(H,17,19)(H,20,21). The normalized spacial score (nSPS) is 21.3. The summed E-state index contributed by atoms with van der Waals surface area (Å²) in [7, 11) is 0. The van der Waals surface area contributed by atoms with Crippen LogP contribution in [0.1, 0.15) is 25.5 Å². The van der Waals surface area contributed by atoms with Crippen LogP contribution in [0.2, 0.25) is 0 Å². The van der Waals surface area contributed by atoms with Gasteiger partial charge in [-0.15, -0.1) is 0 Å². The Morgan fingerprint density at radius 3 is 2.68 bits per heavy atom. The first kappa shape index (κ1) is 16.5. The van der Waals surface area contributed by atoms with E-state index in [-0.39, 0.29) is 30.6 Å². The fraction of sp³-hybridized carbons (Fsp3) is 0.500. The Morgan fingerprint density at radius 1 is 1.36 bits per heavy atom. The summed E-state index contributed by atoms with van der Waals surface area (Å²) in [6, 6.07) is 9.88. The molecular formula is C16H22N2O4. The average molecular weight is 306 g/mol. The lowest BCUT2D eigenvalue weighted by molar-refractivity contribution is -0.140. The molecule has 0 aliphatic carbocycles. The van der Waals surface area contributed by atoms with Crippen LogP contribution in [0.25, 0.3) is 0 Å². The Bertz CT molecular complexity index is 530. The van der Waals surface area contributed by atoms with Gasteiger partial charge >= 0.3 is 5.97 Å². The molecule has 22 heavy (non-hydrogen) atoms. The molecule has 1 unspecified atom stereocenters. The molecule has 0 radical (unpaired) electrons. The maximum atomic E-state index is 11.9. The van der Waals surface area contributed by atoms with Gasteiger partial charge in [0.2, 0.25) is 5.91 Å². The molecule has 6 nitrogen and oxygen atoms in total. The van der Waals surface area contributed by atoms with E-state index in [1.54, 1.807) is 0 Å². The molecule has 1 aromatic rings. The van der Waals surface area contributed by atoms with E-state index < -0.39 is 5.97 Å². The highest BCUT2D eigenvalue weighted by molar-refractivity contribution is 5.82. The fourth-order valence-electron chi connectivity index (χ4n) is 2.45. The van der Waals surface area contributed by atoms with Gasteiger partial charge in [-0.3, -0.25) is 14.5 Å². The first-order valence-corrected chi connectivity index (χ1v) is 7.28. The number of benzene rings is 1. The van der Waals surface area contributed by atoms with E-state index in [1.165, 1.54) is 0 Å². The van der Waals surface area contributed by atoms with Gasteiger partial charge in [-0.2, -0.15) is 0 Å². The van der Waals surface area contributed by atoms with Crippen molar-refractivity contribution in [3.8, 4) is 0 Å². The number of hydrogen-bond donors (Lipinski definition) is 2. The molecule has 1 aromatic carbocycles. The number of aliphatic carboxylic acids is 1. The third-order valence-corrected chi connectivity index (χ3v) is 3.82. The Hall–Kier alpha value is -1.92. The average Bonchev–Trinajstić information content (AvgIpc) is 2.48. The molecule has 0 aromatic heterocycles. The highest BCUT2D eigenvalue weighted by Crippen LogP contribution is 2.29. The van der Waals surface area contributed by atoms with Gasteiger partial charge in [0, 0.05) is 12.1 Å². The molecule has 0 bridgehead atoms. The number of nitrogens with zero attached hydrogens (tertiary/aromatic N) is 1. The summed E-state index contributed by atoms with van der Waals surface area (Å²) in [5.41, 5.74) is 0.806. The number of hydrogen-bond acceptors (Lipinski definition) is 4. The van der Waals surface area contributed by atoms with Gasteiger partial charge < -0.3 is 15.2 Å². The monoisotopic (exact) mass is 306 g/mol. The maximum absolute atomic E-state index is 11.9. The number of carbonyl (C=O) groups is 2. The summed E-state index contributed by atoms with van der Waals surface area (Å²) in [5, 5.41) is 11.0. The summed E-state index contributed by atoms with van der Waals surface area (Å²) in [4.78, 5) is 24.4. The number of morpholine rings is 1. The summed E-state index contributed by atoms with van der Waals surface area (Å²) in [6.45, 7) is 4.94. The number of ether oxygens (including phenoxy) is 1. The van der Waals surface area contributed by atoms with Crippen LogP contribution in [0.4, 0.5) is 0 Å². The topological polar surface area (TPSA) is 78.9 Å². The fourth-order valence-corrected chi connectivity index (χ4v) is 2.45. The van der Waals surface area contributed by atoms with Crippen molar-refractivity contribution in [1.82, 2.24) is 10.2 Å². The Morgan fingerprint density at radius 2 is 2.05 bits per heavy atom. The molecule has 6 heteroatoms. The lowest BCUT2D eigenvalue weighted by Gasteiger charge is -2.45. The Balaban J connectivity index is 2.00. The first-order valence-electron chi connectivity index (χ1n) is 7.28. The quantitative estimate of drug-likeness (QED) is 0.850. The maximum Gasteiger partial charge on any atom is 0.322 e. The van der Waals surface area contributed by atoms with Crippen molar-refractivity contribution < 1.29 is 19.4 Å². The number of amides is 1. The largest absolute Gasteiger partial charge is 0.480 e. The molecule has 1 heterocycles. The SMILES string of the molecule is CC1(C)COC(c2ccccc2)CN1CC(=O)NCC(=O)O. The van der Waals surface area contributed by atoms with Gasteiger partial charge in [0.1, 0.15) is 6.54 Å². The van der Waals surface area contributed by atoms with Crippen LogP contribution in [-0.2, 0) is 14.3 Å². The van der Waals surface area contributed by atoms with Gasteiger partial charge in [0.25, 0.3) is 0 Å². The summed E-state index contributed by atoms with van der Waals surface area (Å²) in [5.74, 6) is -1.33. The van der Waals surface area contributed by atoms with Crippen LogP contribution in [-0.4, -0.2) is 53.7 Å². The molecule has 2 rings (SSSR count). The minimum absolute atomic E-state index is 0.0819. The smallest absolute Gasteiger partial charge is 0.322 e. The number of carboxylic acids is 1. The van der Waals surface area contributed by atoms with Gasteiger partial charge in [0.05, 0.1) is 19.3 Å². The number of carbonyl (C=O) groups excluding carboxylic acids is 1. The lowest BCUT2D eigenvalue weighted by Crippen LogP contribution is -2.56. The first-order chi connectivity index (χ1) is 10.4. The van der Waals surface area contributed by atoms with Crippen LogP contribution >= 0.6 is 0 Å². The molecule has 1 amide bonds. The Kier molecular flexibility index (Phi) is 5.15. The minimum atomic E-state index is -1.04. The summed E-state index contributed by atoms with van der Waals surface area (Å²) in [6.07, 6.45) is -0.0819. The second-order valence-electron chi connectivity index (χ2n) is 6.07. The zero-order chi connectivity index (χ0) is 16.2. The molecule has 0 spiro atoms. The minimum Gasteiger partial charge on any atom is -0.480 e. The lowest BCUT2D eigenvalue weighted by atomic mass is 9.98. The van der Waals surface area contributed by atoms with E-state index >= 15 is 0 Å². The van der Waals surface area contributed by atoms with Gasteiger partial charge in [0.15, 0.2) is 0 Å². The second-order valence-corrected chi connectivity index (χ2v) is 6.07. The number of nitrogens with one attached hydrogen (secondary N) is 1. The van der Waals surface area contributed by atoms with E-state index in [0.717, 1.165) is 5.56 Å². The van der Waals surface area contributed by atoms with Crippen molar-refractivity contribution in [2.45, 2.75) is 25.5 Å². The summed E-state index contributed by atoms with van der Waals surface area (Å²) >= 11 is 0. The zero-order valence-corrected chi connectivity index (χ0v) is 12.9. The molecule has 1 saturated heterocycles. The molecule has 0 saturated carbocycles. The number of carboxylic acid groups (broad SMARTS) is 1. The highest BCUT2D eigenvalue weighted by atomic mass is 16.5. The Labute approximate surface area is 130 Å². The van der Waals surface area contributed by atoms with Gasteiger partial charge in [-0.05, 0) is 19.4 Å². The van der Waals surface area contributed by atoms with E-state index in [9.17, 15) is 9.59 Å². The second kappa shape index (κ2) is 6.89. The van der Waals surface area contributed by atoms with Crippen LogP contribution in [0.15, 0.2) is 30.3 Å². The highest BCUT2D eigenvalue weighted by Gasteiger charge is 2.36. The van der Waals surface area contributed by atoms with Crippen molar-refractivity contribution in [1.29, 1.82) is 0 Å². The van der Waals surface area contributed by atoms with Crippen LogP contribution in [0.3, 0.4) is 0 Å². The predicted molar refractivity (Wildman–Crippen MR) is 81.4 cm³/mol. The molecular weight excluding hydrogens is 284 g/mol. The molecule has 2 N–H and O–H groups in total. The van der Waals surface area contributed by atoms with Crippen LogP contribution < -0.4 is 5.32 Å². The predicted octanol–water partition coefficient (Wildman–Crippen LogP) is 1.04. The molecule has 120 valence electrons. The van der Waals surface area contributed by atoms with Gasteiger partial charge in [-0.1, -0.05) is 30.3 Å². The zero-order valence-electron chi connectivity index (χ0n) is 12.9. The van der Waals surface area contributed by atoms with E-state index in [2.05, 4.69) is 5.32 Å². The summed E-state index contributed by atoms with van der Waals surface area (Å²) < 4.78 is 5.92. The molecule has 1 fully saturated rings. The van der Waals surface area contributed by atoms with Crippen molar-refractivity contribution in [3.05, 3.63) is 35.9 Å². The number of rotatable bonds is 5.